The number of anilines is 1. The van der Waals surface area contributed by atoms with Crippen LogP contribution in [0.4, 0.5) is 5.69 Å². The van der Waals surface area contributed by atoms with Crippen molar-refractivity contribution in [3.05, 3.63) is 58.7 Å². The summed E-state index contributed by atoms with van der Waals surface area (Å²) in [5.41, 5.74) is 1.51. The third-order valence-corrected chi connectivity index (χ3v) is 5.93. The third kappa shape index (κ3) is 2.96. The van der Waals surface area contributed by atoms with Crippen LogP contribution in [-0.4, -0.2) is 24.1 Å². The van der Waals surface area contributed by atoms with Crippen LogP contribution in [0.25, 0.3) is 10.9 Å². The number of rotatable bonds is 4. The Balaban J connectivity index is 2.08. The van der Waals surface area contributed by atoms with Crippen molar-refractivity contribution >= 4 is 44.2 Å². The lowest BCUT2D eigenvalue weighted by Gasteiger charge is -2.10. The van der Waals surface area contributed by atoms with Crippen LogP contribution >= 0.6 is 11.6 Å². The van der Waals surface area contributed by atoms with Gasteiger partial charge in [-0.3, -0.25) is 4.72 Å². The van der Waals surface area contributed by atoms with Gasteiger partial charge in [0.05, 0.1) is 16.3 Å². The van der Waals surface area contributed by atoms with E-state index in [0.717, 1.165) is 5.52 Å². The molecule has 130 valence electrons. The summed E-state index contributed by atoms with van der Waals surface area (Å²) in [4.78, 5) is 11.2. The number of nitrogens with one attached hydrogen (secondary N) is 1. The number of hydrogen-bond acceptors (Lipinski definition) is 3. The van der Waals surface area contributed by atoms with E-state index >= 15 is 0 Å². The first-order valence-electron chi connectivity index (χ1n) is 7.32. The maximum absolute atomic E-state index is 12.9. The molecule has 2 aromatic carbocycles. The van der Waals surface area contributed by atoms with E-state index in [4.69, 9.17) is 16.7 Å². The zero-order valence-electron chi connectivity index (χ0n) is 13.4. The van der Waals surface area contributed by atoms with Crippen LogP contribution in [0.5, 0.6) is 0 Å². The number of carboxylic acids is 1. The molecule has 1 aromatic heterocycles. The summed E-state index contributed by atoms with van der Waals surface area (Å²) in [6.07, 6.45) is 0. The van der Waals surface area contributed by atoms with Gasteiger partial charge in [0.25, 0.3) is 10.0 Å². The van der Waals surface area contributed by atoms with Crippen molar-refractivity contribution in [1.82, 2.24) is 4.57 Å². The molecule has 0 aliphatic rings. The van der Waals surface area contributed by atoms with Gasteiger partial charge in [0.1, 0.15) is 4.90 Å². The Labute approximate surface area is 149 Å². The smallest absolute Gasteiger partial charge is 0.337 e. The van der Waals surface area contributed by atoms with E-state index in [-0.39, 0.29) is 21.2 Å². The maximum Gasteiger partial charge on any atom is 0.337 e. The topological polar surface area (TPSA) is 88.4 Å². The molecule has 0 atom stereocenters. The molecule has 6 nitrogen and oxygen atoms in total. The molecule has 0 fully saturated rings. The summed E-state index contributed by atoms with van der Waals surface area (Å²) in [6.45, 7) is 1.73. The molecule has 0 spiro atoms. The number of carboxylic acid groups (broad SMARTS) is 1. The van der Waals surface area contributed by atoms with Crippen molar-refractivity contribution < 1.29 is 18.3 Å². The van der Waals surface area contributed by atoms with E-state index in [2.05, 4.69) is 4.72 Å². The lowest BCUT2D eigenvalue weighted by atomic mass is 10.2. The Hall–Kier alpha value is -2.51. The Bertz CT molecular complexity index is 1100. The Morgan fingerprint density at radius 1 is 1.20 bits per heavy atom. The monoisotopic (exact) mass is 378 g/mol. The highest BCUT2D eigenvalue weighted by atomic mass is 35.5. The minimum Gasteiger partial charge on any atom is -0.478 e. The van der Waals surface area contributed by atoms with E-state index in [1.54, 1.807) is 26.1 Å². The number of aryl methyl sites for hydroxylation is 1. The van der Waals surface area contributed by atoms with Gasteiger partial charge in [-0.1, -0.05) is 29.8 Å². The minimum atomic E-state index is -3.88. The second-order valence-electron chi connectivity index (χ2n) is 5.60. The summed E-state index contributed by atoms with van der Waals surface area (Å²) in [7, 11) is -2.08. The number of nitrogens with zero attached hydrogens (tertiary/aromatic N) is 1. The maximum atomic E-state index is 12.9. The molecule has 0 aliphatic heterocycles. The summed E-state index contributed by atoms with van der Waals surface area (Å²) in [5.74, 6) is -1.18. The van der Waals surface area contributed by atoms with Gasteiger partial charge in [-0.2, -0.15) is 0 Å². The predicted molar refractivity (Wildman–Crippen MR) is 96.9 cm³/mol. The standard InChI is InChI=1S/C17H15ClN2O4S/c1-10-16(13-5-3-4-6-15(13)20(10)2)25(23,24)19-11-7-8-12(17(21)22)14(18)9-11/h3-9,19H,1-2H3,(H,21,22). The van der Waals surface area contributed by atoms with E-state index < -0.39 is 16.0 Å². The van der Waals surface area contributed by atoms with Crippen LogP contribution in [0.2, 0.25) is 5.02 Å². The summed E-state index contributed by atoms with van der Waals surface area (Å²) >= 11 is 5.91. The zero-order chi connectivity index (χ0) is 18.4. The first-order chi connectivity index (χ1) is 11.7. The number of carbonyl (C=O) groups is 1. The number of sulfonamides is 1. The van der Waals surface area contributed by atoms with Gasteiger partial charge in [0, 0.05) is 23.6 Å². The first-order valence-corrected chi connectivity index (χ1v) is 9.18. The molecule has 25 heavy (non-hydrogen) atoms. The van der Waals surface area contributed by atoms with E-state index in [1.165, 1.54) is 18.2 Å². The zero-order valence-corrected chi connectivity index (χ0v) is 15.0. The Morgan fingerprint density at radius 2 is 1.88 bits per heavy atom. The van der Waals surface area contributed by atoms with Gasteiger partial charge in [0.2, 0.25) is 0 Å². The number of fused-ring (bicyclic) bond motifs is 1. The molecule has 1 heterocycles. The van der Waals surface area contributed by atoms with Crippen molar-refractivity contribution in [3.63, 3.8) is 0 Å². The number of benzene rings is 2. The molecular weight excluding hydrogens is 364 g/mol. The number of halogens is 1. The van der Waals surface area contributed by atoms with Gasteiger partial charge >= 0.3 is 5.97 Å². The molecule has 3 rings (SSSR count). The molecular formula is C17H15ClN2O4S. The molecule has 8 heteroatoms. The van der Waals surface area contributed by atoms with Gasteiger partial charge in [-0.15, -0.1) is 0 Å². The Morgan fingerprint density at radius 3 is 2.52 bits per heavy atom. The van der Waals surface area contributed by atoms with Crippen molar-refractivity contribution in [3.8, 4) is 0 Å². The SMILES string of the molecule is Cc1c(S(=O)(=O)Nc2ccc(C(=O)O)c(Cl)c2)c2ccccc2n1C. The molecule has 0 radical (unpaired) electrons. The van der Waals surface area contributed by atoms with Crippen LogP contribution in [0, 0.1) is 6.92 Å². The molecule has 0 saturated heterocycles. The molecule has 0 amide bonds. The highest BCUT2D eigenvalue weighted by Gasteiger charge is 2.24. The van der Waals surface area contributed by atoms with Crippen LogP contribution < -0.4 is 4.72 Å². The van der Waals surface area contributed by atoms with E-state index in [1.807, 2.05) is 16.7 Å². The number of hydrogen-bond donors (Lipinski definition) is 2. The summed E-state index contributed by atoms with van der Waals surface area (Å²) < 4.78 is 30.1. The molecule has 0 aliphatic carbocycles. The predicted octanol–water partition coefficient (Wildman–Crippen LogP) is 3.64. The quantitative estimate of drug-likeness (QED) is 0.725. The van der Waals surface area contributed by atoms with Gasteiger partial charge in [-0.25, -0.2) is 13.2 Å². The van der Waals surface area contributed by atoms with E-state index in [9.17, 15) is 13.2 Å². The van der Waals surface area contributed by atoms with Crippen molar-refractivity contribution in [2.75, 3.05) is 4.72 Å². The Kier molecular flexibility index (Phi) is 4.22. The molecule has 3 aromatic rings. The van der Waals surface area contributed by atoms with Crippen LogP contribution in [-0.2, 0) is 17.1 Å². The fourth-order valence-corrected chi connectivity index (χ4v) is 4.57. The third-order valence-electron chi connectivity index (χ3n) is 4.06. The number of para-hydroxylation sites is 1. The second kappa shape index (κ2) is 6.09. The van der Waals surface area contributed by atoms with Gasteiger partial charge in [-0.05, 0) is 31.2 Å². The van der Waals surface area contributed by atoms with Crippen LogP contribution in [0.15, 0.2) is 47.4 Å². The fourth-order valence-electron chi connectivity index (χ4n) is 2.78. The van der Waals surface area contributed by atoms with E-state index in [0.29, 0.717) is 11.1 Å². The largest absolute Gasteiger partial charge is 0.478 e. The van der Waals surface area contributed by atoms with Gasteiger partial charge < -0.3 is 9.67 Å². The number of aromatic carboxylic acids is 1. The first kappa shape index (κ1) is 17.3. The molecule has 0 bridgehead atoms. The number of aromatic nitrogens is 1. The van der Waals surface area contributed by atoms with Crippen LogP contribution in [0.1, 0.15) is 16.1 Å². The normalized spacial score (nSPS) is 11.6. The highest BCUT2D eigenvalue weighted by Crippen LogP contribution is 2.31. The highest BCUT2D eigenvalue weighted by molar-refractivity contribution is 7.93. The lowest BCUT2D eigenvalue weighted by molar-refractivity contribution is 0.0697. The minimum absolute atomic E-state index is 0.0395. The van der Waals surface area contributed by atoms with Crippen molar-refractivity contribution in [2.24, 2.45) is 7.05 Å². The average molecular weight is 379 g/mol. The van der Waals surface area contributed by atoms with Crippen molar-refractivity contribution in [2.45, 2.75) is 11.8 Å². The summed E-state index contributed by atoms with van der Waals surface area (Å²) in [6, 6.07) is 11.1. The molecule has 0 saturated carbocycles. The molecule has 0 unspecified atom stereocenters. The fraction of sp³-hybridized carbons (Fsp3) is 0.118. The van der Waals surface area contributed by atoms with Gasteiger partial charge in [0.15, 0.2) is 0 Å². The molecule has 2 N–H and O–H groups in total. The lowest BCUT2D eigenvalue weighted by Crippen LogP contribution is -2.14. The second-order valence-corrected chi connectivity index (χ2v) is 7.62. The van der Waals surface area contributed by atoms with Crippen molar-refractivity contribution in [1.29, 1.82) is 0 Å². The average Bonchev–Trinajstić information content (AvgIpc) is 2.79. The summed E-state index contributed by atoms with van der Waals surface area (Å²) in [5, 5.41) is 9.57. The van der Waals surface area contributed by atoms with Crippen LogP contribution in [0.3, 0.4) is 0 Å².